The summed E-state index contributed by atoms with van der Waals surface area (Å²) in [6.07, 6.45) is 4.05. The van der Waals surface area contributed by atoms with Gasteiger partial charge in [-0.15, -0.1) is 0 Å². The average Bonchev–Trinajstić information content (AvgIpc) is 2.65. The molecule has 1 aliphatic heterocycles. The second-order valence-electron chi connectivity index (χ2n) is 3.16. The van der Waals surface area contributed by atoms with Gasteiger partial charge in [0, 0.05) is 26.1 Å². The SMILES string of the molecule is CCCOCCC(O)C1=CCCO1. The van der Waals surface area contributed by atoms with E-state index in [1.165, 1.54) is 0 Å². The quantitative estimate of drug-likeness (QED) is 0.638. The lowest BCUT2D eigenvalue weighted by molar-refractivity contribution is 0.0667. The third-order valence-corrected chi connectivity index (χ3v) is 1.94. The lowest BCUT2D eigenvalue weighted by atomic mass is 10.2. The Kier molecular flexibility index (Phi) is 4.86. The van der Waals surface area contributed by atoms with Gasteiger partial charge < -0.3 is 14.6 Å². The molecule has 0 saturated heterocycles. The van der Waals surface area contributed by atoms with Gasteiger partial charge in [-0.3, -0.25) is 0 Å². The first-order valence-corrected chi connectivity index (χ1v) is 4.93. The fourth-order valence-corrected chi connectivity index (χ4v) is 1.25. The standard InChI is InChI=1S/C10H18O3/c1-2-6-12-8-5-9(11)10-4-3-7-13-10/h4,9,11H,2-3,5-8H2,1H3. The highest BCUT2D eigenvalue weighted by atomic mass is 16.5. The Bertz CT molecular complexity index is 166. The minimum absolute atomic E-state index is 0.473. The van der Waals surface area contributed by atoms with Crippen molar-refractivity contribution in [1.82, 2.24) is 0 Å². The predicted molar refractivity (Wildman–Crippen MR) is 50.4 cm³/mol. The molecule has 0 amide bonds. The summed E-state index contributed by atoms with van der Waals surface area (Å²) < 4.78 is 10.5. The molecule has 0 radical (unpaired) electrons. The zero-order chi connectivity index (χ0) is 9.52. The Hall–Kier alpha value is -0.540. The number of rotatable bonds is 6. The lowest BCUT2D eigenvalue weighted by Gasteiger charge is -2.11. The second kappa shape index (κ2) is 6.00. The summed E-state index contributed by atoms with van der Waals surface area (Å²) in [5.74, 6) is 0.722. The van der Waals surface area contributed by atoms with E-state index < -0.39 is 6.10 Å². The number of aliphatic hydroxyl groups excluding tert-OH is 1. The van der Waals surface area contributed by atoms with Gasteiger partial charge in [-0.05, 0) is 12.5 Å². The molecule has 13 heavy (non-hydrogen) atoms. The fraction of sp³-hybridized carbons (Fsp3) is 0.800. The topological polar surface area (TPSA) is 38.7 Å². The van der Waals surface area contributed by atoms with Gasteiger partial charge in [0.25, 0.3) is 0 Å². The van der Waals surface area contributed by atoms with E-state index in [1.807, 2.05) is 6.08 Å². The van der Waals surface area contributed by atoms with Crippen LogP contribution in [0.2, 0.25) is 0 Å². The van der Waals surface area contributed by atoms with E-state index >= 15 is 0 Å². The van der Waals surface area contributed by atoms with Gasteiger partial charge in [-0.2, -0.15) is 0 Å². The maximum absolute atomic E-state index is 9.57. The van der Waals surface area contributed by atoms with Crippen LogP contribution in [-0.4, -0.2) is 31.0 Å². The number of aliphatic hydroxyl groups is 1. The van der Waals surface area contributed by atoms with Crippen LogP contribution < -0.4 is 0 Å². The molecule has 0 aromatic heterocycles. The van der Waals surface area contributed by atoms with Crippen molar-refractivity contribution in [3.05, 3.63) is 11.8 Å². The number of ether oxygens (including phenoxy) is 2. The Morgan fingerprint density at radius 1 is 1.62 bits per heavy atom. The Labute approximate surface area is 79.3 Å². The zero-order valence-corrected chi connectivity index (χ0v) is 8.16. The van der Waals surface area contributed by atoms with E-state index in [9.17, 15) is 5.11 Å². The summed E-state index contributed by atoms with van der Waals surface area (Å²) in [5, 5.41) is 9.57. The van der Waals surface area contributed by atoms with Crippen LogP contribution in [-0.2, 0) is 9.47 Å². The normalized spacial score (nSPS) is 18.2. The first kappa shape index (κ1) is 10.5. The number of hydrogen-bond donors (Lipinski definition) is 1. The molecule has 76 valence electrons. The molecule has 1 unspecified atom stereocenters. The molecule has 1 atom stereocenters. The summed E-state index contributed by atoms with van der Waals surface area (Å²) in [5.41, 5.74) is 0. The van der Waals surface area contributed by atoms with Gasteiger partial charge in [-0.25, -0.2) is 0 Å². The number of hydrogen-bond acceptors (Lipinski definition) is 3. The van der Waals surface area contributed by atoms with Gasteiger partial charge in [0.15, 0.2) is 0 Å². The van der Waals surface area contributed by atoms with E-state index in [2.05, 4.69) is 6.92 Å². The van der Waals surface area contributed by atoms with Crippen LogP contribution in [0.3, 0.4) is 0 Å². The van der Waals surface area contributed by atoms with Gasteiger partial charge in [0.05, 0.1) is 6.61 Å². The first-order chi connectivity index (χ1) is 6.34. The van der Waals surface area contributed by atoms with Crippen molar-refractivity contribution >= 4 is 0 Å². The van der Waals surface area contributed by atoms with Crippen molar-refractivity contribution in [2.24, 2.45) is 0 Å². The molecular weight excluding hydrogens is 168 g/mol. The van der Waals surface area contributed by atoms with E-state index in [-0.39, 0.29) is 0 Å². The van der Waals surface area contributed by atoms with Crippen LogP contribution in [0.1, 0.15) is 26.2 Å². The molecule has 0 aromatic rings. The Morgan fingerprint density at radius 3 is 3.08 bits per heavy atom. The van der Waals surface area contributed by atoms with E-state index in [1.54, 1.807) is 0 Å². The molecule has 0 aliphatic carbocycles. The molecule has 3 heteroatoms. The zero-order valence-electron chi connectivity index (χ0n) is 8.16. The van der Waals surface area contributed by atoms with E-state index in [0.29, 0.717) is 19.6 Å². The van der Waals surface area contributed by atoms with E-state index in [4.69, 9.17) is 9.47 Å². The molecule has 0 fully saturated rings. The van der Waals surface area contributed by atoms with Crippen molar-refractivity contribution in [3.63, 3.8) is 0 Å². The first-order valence-electron chi connectivity index (χ1n) is 4.93. The fourth-order valence-electron chi connectivity index (χ4n) is 1.25. The Morgan fingerprint density at radius 2 is 2.46 bits per heavy atom. The van der Waals surface area contributed by atoms with Crippen molar-refractivity contribution in [2.45, 2.75) is 32.3 Å². The molecule has 0 aromatic carbocycles. The molecule has 1 rings (SSSR count). The van der Waals surface area contributed by atoms with Gasteiger partial charge in [0.1, 0.15) is 11.9 Å². The van der Waals surface area contributed by atoms with Crippen LogP contribution in [0.5, 0.6) is 0 Å². The van der Waals surface area contributed by atoms with E-state index in [0.717, 1.165) is 25.2 Å². The van der Waals surface area contributed by atoms with Crippen LogP contribution in [0.4, 0.5) is 0 Å². The minimum atomic E-state index is -0.473. The molecule has 1 N–H and O–H groups in total. The summed E-state index contributed by atoms with van der Waals surface area (Å²) in [4.78, 5) is 0. The van der Waals surface area contributed by atoms with Gasteiger partial charge in [-0.1, -0.05) is 6.92 Å². The molecule has 0 spiro atoms. The molecule has 1 heterocycles. The largest absolute Gasteiger partial charge is 0.495 e. The highest BCUT2D eigenvalue weighted by molar-refractivity contribution is 5.03. The maximum atomic E-state index is 9.57. The molecule has 0 saturated carbocycles. The highest BCUT2D eigenvalue weighted by Crippen LogP contribution is 2.15. The molecule has 1 aliphatic rings. The monoisotopic (exact) mass is 186 g/mol. The van der Waals surface area contributed by atoms with Crippen LogP contribution in [0, 0.1) is 0 Å². The summed E-state index contributed by atoms with van der Waals surface area (Å²) in [7, 11) is 0. The third kappa shape index (κ3) is 3.79. The smallest absolute Gasteiger partial charge is 0.121 e. The summed E-state index contributed by atoms with van der Waals surface area (Å²) >= 11 is 0. The lowest BCUT2D eigenvalue weighted by Crippen LogP contribution is -2.14. The van der Waals surface area contributed by atoms with Crippen LogP contribution in [0.15, 0.2) is 11.8 Å². The molecule has 0 bridgehead atoms. The summed E-state index contributed by atoms with van der Waals surface area (Å²) in [6, 6.07) is 0. The van der Waals surface area contributed by atoms with Crippen molar-refractivity contribution in [2.75, 3.05) is 19.8 Å². The summed E-state index contributed by atoms with van der Waals surface area (Å²) in [6.45, 7) is 4.16. The van der Waals surface area contributed by atoms with Crippen molar-refractivity contribution in [3.8, 4) is 0 Å². The molecular formula is C10H18O3. The highest BCUT2D eigenvalue weighted by Gasteiger charge is 2.15. The minimum Gasteiger partial charge on any atom is -0.495 e. The van der Waals surface area contributed by atoms with Crippen molar-refractivity contribution in [1.29, 1.82) is 0 Å². The van der Waals surface area contributed by atoms with Crippen molar-refractivity contribution < 1.29 is 14.6 Å². The third-order valence-electron chi connectivity index (χ3n) is 1.94. The Balaban J connectivity index is 2.06. The predicted octanol–water partition coefficient (Wildman–Crippen LogP) is 1.47. The average molecular weight is 186 g/mol. The van der Waals surface area contributed by atoms with Crippen LogP contribution in [0.25, 0.3) is 0 Å². The van der Waals surface area contributed by atoms with Gasteiger partial charge in [0.2, 0.25) is 0 Å². The molecule has 3 nitrogen and oxygen atoms in total. The van der Waals surface area contributed by atoms with Gasteiger partial charge >= 0.3 is 0 Å². The second-order valence-corrected chi connectivity index (χ2v) is 3.16. The maximum Gasteiger partial charge on any atom is 0.121 e. The van der Waals surface area contributed by atoms with Crippen LogP contribution >= 0.6 is 0 Å².